The number of alkyl halides is 3. The zero-order valence-corrected chi connectivity index (χ0v) is 16.5. The Kier molecular flexibility index (Phi) is 6.57. The van der Waals surface area contributed by atoms with Gasteiger partial charge in [0.1, 0.15) is 11.5 Å². The van der Waals surface area contributed by atoms with Gasteiger partial charge in [0.05, 0.1) is 23.7 Å². The molecule has 0 bridgehead atoms. The summed E-state index contributed by atoms with van der Waals surface area (Å²) in [5.41, 5.74) is 11.9. The van der Waals surface area contributed by atoms with Crippen LogP contribution in [0.1, 0.15) is 19.4 Å². The molecule has 1 aromatic carbocycles. The van der Waals surface area contributed by atoms with Crippen molar-refractivity contribution in [3.05, 3.63) is 54.1 Å². The maximum absolute atomic E-state index is 13.0. The molecule has 0 aliphatic carbocycles. The molecule has 3 aromatic rings. The van der Waals surface area contributed by atoms with E-state index in [1.54, 1.807) is 24.0 Å². The predicted molar refractivity (Wildman–Crippen MR) is 106 cm³/mol. The van der Waals surface area contributed by atoms with Gasteiger partial charge in [0.15, 0.2) is 11.7 Å². The molecule has 10 heteroatoms. The molecule has 3 rings (SSSR count). The molecule has 4 N–H and O–H groups in total. The van der Waals surface area contributed by atoms with Crippen LogP contribution < -0.4 is 11.5 Å². The molecule has 0 radical (unpaired) electrons. The number of halogens is 3. The number of aromatic nitrogens is 4. The van der Waals surface area contributed by atoms with Crippen LogP contribution in [0.15, 0.2) is 48.5 Å². The van der Waals surface area contributed by atoms with Gasteiger partial charge in [-0.1, -0.05) is 13.8 Å². The lowest BCUT2D eigenvalue weighted by Crippen LogP contribution is -2.09. The van der Waals surface area contributed by atoms with Gasteiger partial charge in [-0.3, -0.25) is 9.25 Å². The number of benzene rings is 1. The first-order valence-corrected chi connectivity index (χ1v) is 8.77. The first-order valence-electron chi connectivity index (χ1n) is 8.77. The highest BCUT2D eigenvalue weighted by Gasteiger charge is 2.31. The number of allylic oxidation sites excluding steroid dienone is 2. The number of imidazole rings is 1. The largest absolute Gasteiger partial charge is 0.483 e. The van der Waals surface area contributed by atoms with Gasteiger partial charge in [-0.05, 0) is 30.3 Å². The summed E-state index contributed by atoms with van der Waals surface area (Å²) in [7, 11) is 3.12. The number of fused-ring (bicyclic) bond motifs is 1. The molecule has 0 unspecified atom stereocenters. The van der Waals surface area contributed by atoms with Gasteiger partial charge in [0.25, 0.3) is 0 Å². The van der Waals surface area contributed by atoms with Gasteiger partial charge in [0.2, 0.25) is 0 Å². The van der Waals surface area contributed by atoms with Crippen molar-refractivity contribution < 1.29 is 17.9 Å². The smallest absolute Gasteiger partial charge is 0.416 e. The summed E-state index contributed by atoms with van der Waals surface area (Å²) in [6, 6.07) is 4.97. The summed E-state index contributed by atoms with van der Waals surface area (Å²) in [5.74, 6) is 0.627. The molecule has 0 saturated heterocycles. The Labute approximate surface area is 166 Å². The van der Waals surface area contributed by atoms with Crippen LogP contribution in [-0.4, -0.2) is 26.4 Å². The molecule has 0 aliphatic heterocycles. The average Bonchev–Trinajstić information content (AvgIpc) is 3.29. The second-order valence-electron chi connectivity index (χ2n) is 5.71. The average molecular weight is 408 g/mol. The van der Waals surface area contributed by atoms with Crippen molar-refractivity contribution in [3.8, 4) is 11.5 Å². The van der Waals surface area contributed by atoms with Crippen molar-refractivity contribution in [3.63, 3.8) is 0 Å². The van der Waals surface area contributed by atoms with Crippen LogP contribution in [0.3, 0.4) is 0 Å². The zero-order valence-electron chi connectivity index (χ0n) is 16.5. The van der Waals surface area contributed by atoms with Crippen LogP contribution in [0.5, 0.6) is 0 Å². The fourth-order valence-corrected chi connectivity index (χ4v) is 2.53. The standard InChI is InChI=1S/C17H17F3N6O.C2H6/c1-25-8-7-11(24-25)16-23-12-9-10(17(18,19)20)3-4-13(12)26(16)14(21)5-6-15(22)27-2;1-2/h3-9H,21-22H2,1-2H3;1-2H3/b14-5+,15-6+;. The molecule has 29 heavy (non-hydrogen) atoms. The first kappa shape index (κ1) is 21.9. The number of ether oxygens (including phenoxy) is 1. The third-order valence-corrected chi connectivity index (χ3v) is 3.84. The second kappa shape index (κ2) is 8.72. The number of hydrogen-bond acceptors (Lipinski definition) is 5. The second-order valence-corrected chi connectivity index (χ2v) is 5.71. The highest BCUT2D eigenvalue weighted by atomic mass is 19.4. The Bertz CT molecular complexity index is 1050. The van der Waals surface area contributed by atoms with Gasteiger partial charge in [-0.2, -0.15) is 18.3 Å². The van der Waals surface area contributed by atoms with Crippen molar-refractivity contribution in [2.75, 3.05) is 7.11 Å². The number of rotatable bonds is 4. The molecular formula is C19H23F3N6O. The molecule has 2 heterocycles. The summed E-state index contributed by atoms with van der Waals surface area (Å²) in [5, 5.41) is 4.27. The fourth-order valence-electron chi connectivity index (χ4n) is 2.53. The van der Waals surface area contributed by atoms with Crippen LogP contribution in [0.25, 0.3) is 28.4 Å². The van der Waals surface area contributed by atoms with E-state index in [2.05, 4.69) is 10.1 Å². The molecule has 7 nitrogen and oxygen atoms in total. The van der Waals surface area contributed by atoms with Crippen molar-refractivity contribution >= 4 is 16.9 Å². The van der Waals surface area contributed by atoms with E-state index in [0.29, 0.717) is 17.0 Å². The monoisotopic (exact) mass is 408 g/mol. The van der Waals surface area contributed by atoms with E-state index in [9.17, 15) is 13.2 Å². The van der Waals surface area contributed by atoms with Crippen molar-refractivity contribution in [2.45, 2.75) is 20.0 Å². The van der Waals surface area contributed by atoms with Crippen LogP contribution >= 0.6 is 0 Å². The number of nitrogens with two attached hydrogens (primary N) is 2. The zero-order chi connectivity index (χ0) is 21.8. The number of hydrogen-bond donors (Lipinski definition) is 2. The third-order valence-electron chi connectivity index (χ3n) is 3.84. The number of methoxy groups -OCH3 is 1. The third kappa shape index (κ3) is 4.71. The van der Waals surface area contributed by atoms with Gasteiger partial charge in [0, 0.05) is 19.3 Å². The minimum Gasteiger partial charge on any atom is -0.483 e. The van der Waals surface area contributed by atoms with Gasteiger partial charge >= 0.3 is 6.18 Å². The van der Waals surface area contributed by atoms with E-state index in [1.165, 1.54) is 29.9 Å². The highest BCUT2D eigenvalue weighted by molar-refractivity contribution is 5.85. The Morgan fingerprint density at radius 3 is 2.38 bits per heavy atom. The topological polar surface area (TPSA) is 96.9 Å². The predicted octanol–water partition coefficient (Wildman–Crippen LogP) is 3.69. The maximum atomic E-state index is 13.0. The summed E-state index contributed by atoms with van der Waals surface area (Å²) in [6.07, 6.45) is 0.139. The summed E-state index contributed by atoms with van der Waals surface area (Å²) >= 11 is 0. The highest BCUT2D eigenvalue weighted by Crippen LogP contribution is 2.33. The summed E-state index contributed by atoms with van der Waals surface area (Å²) in [6.45, 7) is 4.00. The van der Waals surface area contributed by atoms with Crippen LogP contribution in [0.4, 0.5) is 13.2 Å². The fraction of sp³-hybridized carbons (Fsp3) is 0.263. The van der Waals surface area contributed by atoms with E-state index >= 15 is 0 Å². The lowest BCUT2D eigenvalue weighted by atomic mass is 10.2. The van der Waals surface area contributed by atoms with Crippen LogP contribution in [0, 0.1) is 0 Å². The molecule has 0 saturated carbocycles. The molecule has 0 spiro atoms. The molecule has 0 aliphatic rings. The molecule has 0 amide bonds. The minimum absolute atomic E-state index is 0.126. The normalized spacial score (nSPS) is 12.7. The van der Waals surface area contributed by atoms with E-state index in [0.717, 1.165) is 12.1 Å². The van der Waals surface area contributed by atoms with Gasteiger partial charge in [-0.15, -0.1) is 0 Å². The van der Waals surface area contributed by atoms with Gasteiger partial charge < -0.3 is 16.2 Å². The number of nitrogens with zero attached hydrogens (tertiary/aromatic N) is 4. The van der Waals surface area contributed by atoms with E-state index in [1.807, 2.05) is 13.8 Å². The molecule has 0 atom stereocenters. The molecule has 156 valence electrons. The van der Waals surface area contributed by atoms with Crippen LogP contribution in [-0.2, 0) is 18.0 Å². The lowest BCUT2D eigenvalue weighted by Gasteiger charge is -2.09. The Hall–Kier alpha value is -3.43. The summed E-state index contributed by atoms with van der Waals surface area (Å²) < 4.78 is 47.0. The maximum Gasteiger partial charge on any atom is 0.416 e. The SMILES string of the molecule is CC.CO/C(N)=C/C=C(\N)n1c(-c2ccn(C)n2)nc2cc(C(F)(F)F)ccc21. The Morgan fingerprint density at radius 1 is 1.14 bits per heavy atom. The van der Waals surface area contributed by atoms with Crippen molar-refractivity contribution in [1.82, 2.24) is 19.3 Å². The molecule has 0 fully saturated rings. The molecule has 2 aromatic heterocycles. The number of aryl methyl sites for hydroxylation is 1. The molecular weight excluding hydrogens is 385 g/mol. The van der Waals surface area contributed by atoms with Crippen molar-refractivity contribution in [2.24, 2.45) is 18.5 Å². The van der Waals surface area contributed by atoms with E-state index < -0.39 is 11.7 Å². The Balaban J connectivity index is 0.00000145. The first-order chi connectivity index (χ1) is 13.7. The minimum atomic E-state index is -4.47. The Morgan fingerprint density at radius 2 is 1.83 bits per heavy atom. The van der Waals surface area contributed by atoms with E-state index in [-0.39, 0.29) is 17.2 Å². The van der Waals surface area contributed by atoms with Gasteiger partial charge in [-0.25, -0.2) is 4.98 Å². The quantitative estimate of drug-likeness (QED) is 0.507. The summed E-state index contributed by atoms with van der Waals surface area (Å²) in [4.78, 5) is 4.32. The van der Waals surface area contributed by atoms with Crippen molar-refractivity contribution in [1.29, 1.82) is 0 Å². The van der Waals surface area contributed by atoms with E-state index in [4.69, 9.17) is 16.2 Å². The van der Waals surface area contributed by atoms with Crippen LogP contribution in [0.2, 0.25) is 0 Å². The lowest BCUT2D eigenvalue weighted by molar-refractivity contribution is -0.137.